The fourth-order valence-electron chi connectivity index (χ4n) is 0.956. The Morgan fingerprint density at radius 1 is 1.62 bits per heavy atom. The maximum Gasteiger partial charge on any atom is 0.278 e. The van der Waals surface area contributed by atoms with Crippen LogP contribution in [0.2, 0.25) is 0 Å². The summed E-state index contributed by atoms with van der Waals surface area (Å²) >= 11 is 0. The van der Waals surface area contributed by atoms with E-state index in [1.54, 1.807) is 6.07 Å². The van der Waals surface area contributed by atoms with Crippen LogP contribution in [0.15, 0.2) is 18.2 Å². The Balaban J connectivity index is 3.13. The third kappa shape index (κ3) is 1.88. The van der Waals surface area contributed by atoms with Gasteiger partial charge < -0.3 is 10.5 Å². The molecule has 0 unspecified atom stereocenters. The first-order valence-corrected chi connectivity index (χ1v) is 3.57. The predicted octanol–water partition coefficient (Wildman–Crippen LogP) is 0.396. The lowest BCUT2D eigenvalue weighted by atomic mass is 10.2. The number of benzene rings is 1. The number of nitrogens with one attached hydrogen (secondary N) is 1. The minimum Gasteiger partial charge on any atom is -0.496 e. The number of hydrogen-bond donors (Lipinski definition) is 3. The predicted molar refractivity (Wildman–Crippen MR) is 46.7 cm³/mol. The Morgan fingerprint density at radius 3 is 2.85 bits per heavy atom. The summed E-state index contributed by atoms with van der Waals surface area (Å²) in [6, 6.07) is 4.53. The smallest absolute Gasteiger partial charge is 0.278 e. The average Bonchev–Trinajstić information content (AvgIpc) is 2.16. The van der Waals surface area contributed by atoms with Crippen molar-refractivity contribution in [2.45, 2.75) is 0 Å². The molecule has 0 spiro atoms. The zero-order valence-corrected chi connectivity index (χ0v) is 7.07. The number of carbonyl (C=O) groups is 1. The van der Waals surface area contributed by atoms with E-state index < -0.39 is 5.91 Å². The number of anilines is 1. The summed E-state index contributed by atoms with van der Waals surface area (Å²) in [5.74, 6) is -0.302. The molecule has 70 valence electrons. The van der Waals surface area contributed by atoms with Crippen molar-refractivity contribution in [3.05, 3.63) is 23.8 Å². The molecule has 0 saturated carbocycles. The van der Waals surface area contributed by atoms with Gasteiger partial charge in [0, 0.05) is 11.8 Å². The highest BCUT2D eigenvalue weighted by molar-refractivity contribution is 5.96. The lowest BCUT2D eigenvalue weighted by Crippen LogP contribution is -2.19. The van der Waals surface area contributed by atoms with Crippen LogP contribution in [0, 0.1) is 0 Å². The largest absolute Gasteiger partial charge is 0.496 e. The fourth-order valence-corrected chi connectivity index (χ4v) is 0.956. The quantitative estimate of drug-likeness (QED) is 0.351. The standard InChI is InChI=1S/C8H10N2O3/c1-13-7-4-5(9)2-3-6(7)8(11)10-12/h2-4,12H,9H2,1H3,(H,10,11). The molecule has 5 heteroatoms. The molecule has 1 rings (SSSR count). The highest BCUT2D eigenvalue weighted by Gasteiger charge is 2.10. The lowest BCUT2D eigenvalue weighted by molar-refractivity contribution is 0.0703. The van der Waals surface area contributed by atoms with E-state index in [1.807, 2.05) is 0 Å². The normalized spacial score (nSPS) is 9.38. The van der Waals surface area contributed by atoms with E-state index in [9.17, 15) is 4.79 Å². The van der Waals surface area contributed by atoms with E-state index in [2.05, 4.69) is 0 Å². The monoisotopic (exact) mass is 182 g/mol. The van der Waals surface area contributed by atoms with Crippen molar-refractivity contribution >= 4 is 11.6 Å². The highest BCUT2D eigenvalue weighted by Crippen LogP contribution is 2.20. The number of ether oxygens (including phenoxy) is 1. The lowest BCUT2D eigenvalue weighted by Gasteiger charge is -2.06. The van der Waals surface area contributed by atoms with Crippen molar-refractivity contribution in [3.63, 3.8) is 0 Å². The number of hydroxylamine groups is 1. The minimum atomic E-state index is -0.628. The zero-order chi connectivity index (χ0) is 9.84. The fraction of sp³-hybridized carbons (Fsp3) is 0.125. The molecule has 1 amide bonds. The number of nitrogen functional groups attached to an aromatic ring is 1. The van der Waals surface area contributed by atoms with Crippen LogP contribution in [-0.2, 0) is 0 Å². The topological polar surface area (TPSA) is 84.6 Å². The van der Waals surface area contributed by atoms with Crippen molar-refractivity contribution < 1.29 is 14.7 Å². The highest BCUT2D eigenvalue weighted by atomic mass is 16.5. The molecule has 0 aromatic heterocycles. The van der Waals surface area contributed by atoms with E-state index in [-0.39, 0.29) is 5.56 Å². The van der Waals surface area contributed by atoms with Crippen molar-refractivity contribution in [1.82, 2.24) is 5.48 Å². The van der Waals surface area contributed by atoms with Gasteiger partial charge in [-0.3, -0.25) is 10.0 Å². The molecule has 5 nitrogen and oxygen atoms in total. The summed E-state index contributed by atoms with van der Waals surface area (Å²) in [5.41, 5.74) is 7.71. The van der Waals surface area contributed by atoms with Crippen LogP contribution >= 0.6 is 0 Å². The molecule has 1 aromatic carbocycles. The number of carbonyl (C=O) groups excluding carboxylic acids is 1. The summed E-state index contributed by atoms with van der Waals surface area (Å²) in [6.45, 7) is 0. The number of methoxy groups -OCH3 is 1. The van der Waals surface area contributed by atoms with E-state index in [0.717, 1.165) is 0 Å². The van der Waals surface area contributed by atoms with Gasteiger partial charge in [-0.05, 0) is 12.1 Å². The van der Waals surface area contributed by atoms with Crippen LogP contribution in [-0.4, -0.2) is 18.2 Å². The van der Waals surface area contributed by atoms with Gasteiger partial charge in [-0.1, -0.05) is 0 Å². The summed E-state index contributed by atoms with van der Waals surface area (Å²) in [5, 5.41) is 8.39. The summed E-state index contributed by atoms with van der Waals surface area (Å²) in [7, 11) is 1.42. The van der Waals surface area contributed by atoms with Gasteiger partial charge in [-0.2, -0.15) is 0 Å². The van der Waals surface area contributed by atoms with Crippen molar-refractivity contribution in [2.24, 2.45) is 0 Å². The maximum absolute atomic E-state index is 11.0. The molecule has 4 N–H and O–H groups in total. The van der Waals surface area contributed by atoms with Gasteiger partial charge in [0.1, 0.15) is 5.75 Å². The minimum absolute atomic E-state index is 0.235. The Kier molecular flexibility index (Phi) is 2.71. The average molecular weight is 182 g/mol. The molecule has 0 saturated heterocycles. The van der Waals surface area contributed by atoms with Crippen molar-refractivity contribution in [1.29, 1.82) is 0 Å². The molecular formula is C8H10N2O3. The Labute approximate surface area is 75.1 Å². The second-order valence-electron chi connectivity index (χ2n) is 2.40. The first-order chi connectivity index (χ1) is 6.19. The SMILES string of the molecule is COc1cc(N)ccc1C(=O)NO. The van der Waals surface area contributed by atoms with Crippen LogP contribution in [0.3, 0.4) is 0 Å². The molecule has 0 aliphatic carbocycles. The van der Waals surface area contributed by atoms with Crippen LogP contribution < -0.4 is 16.0 Å². The van der Waals surface area contributed by atoms with Gasteiger partial charge in [0.25, 0.3) is 5.91 Å². The molecule has 0 atom stereocenters. The van der Waals surface area contributed by atoms with Crippen molar-refractivity contribution in [3.8, 4) is 5.75 Å². The summed E-state index contributed by atoms with van der Waals surface area (Å²) in [6.07, 6.45) is 0. The molecular weight excluding hydrogens is 172 g/mol. The second-order valence-corrected chi connectivity index (χ2v) is 2.40. The third-order valence-electron chi connectivity index (χ3n) is 1.57. The zero-order valence-electron chi connectivity index (χ0n) is 7.07. The van der Waals surface area contributed by atoms with Gasteiger partial charge in [-0.25, -0.2) is 5.48 Å². The second kappa shape index (κ2) is 3.77. The Morgan fingerprint density at radius 2 is 2.31 bits per heavy atom. The Hall–Kier alpha value is -1.75. The van der Waals surface area contributed by atoms with Crippen molar-refractivity contribution in [2.75, 3.05) is 12.8 Å². The van der Waals surface area contributed by atoms with Gasteiger partial charge in [0.05, 0.1) is 12.7 Å². The summed E-state index contributed by atoms with van der Waals surface area (Å²) in [4.78, 5) is 11.0. The van der Waals surface area contributed by atoms with Crippen LogP contribution in [0.25, 0.3) is 0 Å². The van der Waals surface area contributed by atoms with E-state index in [0.29, 0.717) is 11.4 Å². The molecule has 0 bridgehead atoms. The Bertz CT molecular complexity index is 325. The summed E-state index contributed by atoms with van der Waals surface area (Å²) < 4.78 is 4.90. The van der Waals surface area contributed by atoms with Gasteiger partial charge >= 0.3 is 0 Å². The number of amides is 1. The first-order valence-electron chi connectivity index (χ1n) is 3.57. The third-order valence-corrected chi connectivity index (χ3v) is 1.57. The van der Waals surface area contributed by atoms with Crippen LogP contribution in [0.4, 0.5) is 5.69 Å². The van der Waals surface area contributed by atoms with E-state index in [1.165, 1.54) is 24.7 Å². The molecule has 0 radical (unpaired) electrons. The molecule has 0 heterocycles. The molecule has 13 heavy (non-hydrogen) atoms. The van der Waals surface area contributed by atoms with Gasteiger partial charge in [-0.15, -0.1) is 0 Å². The molecule has 0 aliphatic heterocycles. The van der Waals surface area contributed by atoms with Gasteiger partial charge in [0.15, 0.2) is 0 Å². The van der Waals surface area contributed by atoms with Crippen LogP contribution in [0.5, 0.6) is 5.75 Å². The molecule has 0 fully saturated rings. The van der Waals surface area contributed by atoms with Gasteiger partial charge in [0.2, 0.25) is 0 Å². The van der Waals surface area contributed by atoms with E-state index >= 15 is 0 Å². The number of nitrogens with two attached hydrogens (primary N) is 1. The first kappa shape index (κ1) is 9.34. The molecule has 1 aromatic rings. The maximum atomic E-state index is 11.0. The number of hydrogen-bond acceptors (Lipinski definition) is 4. The van der Waals surface area contributed by atoms with Crippen LogP contribution in [0.1, 0.15) is 10.4 Å². The number of rotatable bonds is 2. The van der Waals surface area contributed by atoms with E-state index in [4.69, 9.17) is 15.7 Å². The molecule has 0 aliphatic rings.